The summed E-state index contributed by atoms with van der Waals surface area (Å²) in [6.45, 7) is 3.04. The zero-order valence-corrected chi connectivity index (χ0v) is 20.5. The van der Waals surface area contributed by atoms with E-state index in [9.17, 15) is 13.2 Å². The number of amides is 1. The lowest BCUT2D eigenvalue weighted by atomic mass is 10.1. The van der Waals surface area contributed by atoms with E-state index in [-0.39, 0.29) is 10.8 Å². The van der Waals surface area contributed by atoms with E-state index in [0.717, 1.165) is 30.4 Å². The molecule has 2 N–H and O–H groups in total. The van der Waals surface area contributed by atoms with Gasteiger partial charge in [-0.05, 0) is 61.7 Å². The van der Waals surface area contributed by atoms with Crippen molar-refractivity contribution in [3.63, 3.8) is 0 Å². The van der Waals surface area contributed by atoms with E-state index in [2.05, 4.69) is 21.1 Å². The Labute approximate surface area is 206 Å². The molecule has 1 aliphatic rings. The molecule has 0 saturated heterocycles. The molecule has 1 aliphatic heterocycles. The van der Waals surface area contributed by atoms with Gasteiger partial charge in [-0.3, -0.25) is 14.5 Å². The molecule has 182 valence electrons. The third-order valence-corrected chi connectivity index (χ3v) is 6.99. The molecule has 3 aromatic rings. The minimum absolute atomic E-state index is 0.0671. The first-order chi connectivity index (χ1) is 16.9. The number of rotatable bonds is 7. The molecule has 0 aliphatic carbocycles. The molecular weight excluding hydrogens is 462 g/mol. The van der Waals surface area contributed by atoms with Gasteiger partial charge < -0.3 is 10.1 Å². The second-order valence-corrected chi connectivity index (χ2v) is 10.2. The third kappa shape index (κ3) is 6.93. The Kier molecular flexibility index (Phi) is 7.82. The van der Waals surface area contributed by atoms with Gasteiger partial charge in [-0.25, -0.2) is 8.42 Å². The summed E-state index contributed by atoms with van der Waals surface area (Å²) in [6.07, 6.45) is 3.52. The van der Waals surface area contributed by atoms with Gasteiger partial charge in [0, 0.05) is 24.2 Å². The highest BCUT2D eigenvalue weighted by Crippen LogP contribution is 2.20. The molecular formula is C27H29N3O4S. The van der Waals surface area contributed by atoms with Crippen LogP contribution in [0.5, 0.6) is 5.75 Å². The number of hydrogen-bond donors (Lipinski definition) is 2. The second-order valence-electron chi connectivity index (χ2n) is 8.53. The summed E-state index contributed by atoms with van der Waals surface area (Å²) in [5, 5.41) is 2.78. The zero-order chi connectivity index (χ0) is 24.7. The SMILES string of the molecule is Cc1cccc(COc2cccc(C(=O)Nc3cccc(S(=O)(=O)NC4=NCCCCC4)c3)c2)c1. The number of anilines is 1. The molecule has 1 heterocycles. The van der Waals surface area contributed by atoms with Gasteiger partial charge in [-0.15, -0.1) is 0 Å². The maximum absolute atomic E-state index is 12.9. The smallest absolute Gasteiger partial charge is 0.262 e. The highest BCUT2D eigenvalue weighted by atomic mass is 32.2. The maximum Gasteiger partial charge on any atom is 0.262 e. The maximum atomic E-state index is 12.9. The van der Waals surface area contributed by atoms with E-state index in [1.54, 1.807) is 36.4 Å². The van der Waals surface area contributed by atoms with Crippen LogP contribution in [-0.2, 0) is 16.6 Å². The van der Waals surface area contributed by atoms with Crippen LogP contribution < -0.4 is 14.8 Å². The zero-order valence-electron chi connectivity index (χ0n) is 19.7. The first kappa shape index (κ1) is 24.5. The van der Waals surface area contributed by atoms with Crippen molar-refractivity contribution >= 4 is 27.5 Å². The Bertz CT molecular complexity index is 1340. The van der Waals surface area contributed by atoms with E-state index in [0.29, 0.717) is 42.4 Å². The molecule has 0 unspecified atom stereocenters. The molecule has 8 heteroatoms. The number of ether oxygens (including phenoxy) is 1. The van der Waals surface area contributed by atoms with Crippen molar-refractivity contribution < 1.29 is 17.9 Å². The highest BCUT2D eigenvalue weighted by Gasteiger charge is 2.18. The van der Waals surface area contributed by atoms with Gasteiger partial charge in [-0.2, -0.15) is 0 Å². The molecule has 0 fully saturated rings. The molecule has 7 nitrogen and oxygen atoms in total. The molecule has 0 aromatic heterocycles. The summed E-state index contributed by atoms with van der Waals surface area (Å²) < 4.78 is 34.2. The number of benzene rings is 3. The Morgan fingerprint density at radius 2 is 1.80 bits per heavy atom. The molecule has 0 spiro atoms. The molecule has 1 amide bonds. The van der Waals surface area contributed by atoms with Gasteiger partial charge in [0.2, 0.25) is 0 Å². The van der Waals surface area contributed by atoms with Crippen LogP contribution in [0.2, 0.25) is 0 Å². The van der Waals surface area contributed by atoms with E-state index in [1.165, 1.54) is 12.1 Å². The summed E-state index contributed by atoms with van der Waals surface area (Å²) in [6, 6.07) is 21.1. The monoisotopic (exact) mass is 491 g/mol. The first-order valence-electron chi connectivity index (χ1n) is 11.6. The fourth-order valence-electron chi connectivity index (χ4n) is 3.81. The predicted octanol–water partition coefficient (Wildman–Crippen LogP) is 5.08. The van der Waals surface area contributed by atoms with Gasteiger partial charge in [-0.1, -0.05) is 48.4 Å². The average molecular weight is 492 g/mol. The van der Waals surface area contributed by atoms with Crippen LogP contribution in [0.25, 0.3) is 0 Å². The van der Waals surface area contributed by atoms with Crippen LogP contribution in [0, 0.1) is 6.92 Å². The number of aryl methyl sites for hydroxylation is 1. The first-order valence-corrected chi connectivity index (χ1v) is 13.1. The summed E-state index contributed by atoms with van der Waals surface area (Å²) in [5.41, 5.74) is 2.99. The van der Waals surface area contributed by atoms with Crippen LogP contribution in [-0.4, -0.2) is 26.7 Å². The van der Waals surface area contributed by atoms with Gasteiger partial charge in [0.25, 0.3) is 15.9 Å². The van der Waals surface area contributed by atoms with Crippen LogP contribution in [0.15, 0.2) is 82.7 Å². The standard InChI is InChI=1S/C27H29N3O4S/c1-20-8-5-9-21(16-20)19-34-24-12-6-10-22(17-24)27(31)29-23-11-7-13-25(18-23)35(32,33)30-26-14-3-2-4-15-28-26/h5-13,16-18H,2-4,14-15,19H2,1H3,(H,28,30)(H,29,31). The topological polar surface area (TPSA) is 96.9 Å². The van der Waals surface area contributed by atoms with E-state index < -0.39 is 10.0 Å². The summed E-state index contributed by atoms with van der Waals surface area (Å²) >= 11 is 0. The number of sulfonamides is 1. The van der Waals surface area contributed by atoms with Crippen molar-refractivity contribution in [3.05, 3.63) is 89.5 Å². The van der Waals surface area contributed by atoms with Crippen molar-refractivity contribution in [2.75, 3.05) is 11.9 Å². The molecule has 0 atom stereocenters. The van der Waals surface area contributed by atoms with Crippen molar-refractivity contribution in [1.29, 1.82) is 0 Å². The lowest BCUT2D eigenvalue weighted by Crippen LogP contribution is -2.30. The number of hydrogen-bond acceptors (Lipinski definition) is 5. The Hall–Kier alpha value is -3.65. The van der Waals surface area contributed by atoms with Crippen molar-refractivity contribution in [2.24, 2.45) is 4.99 Å². The van der Waals surface area contributed by atoms with E-state index in [4.69, 9.17) is 4.74 Å². The summed E-state index contributed by atoms with van der Waals surface area (Å²) in [5.74, 6) is 0.699. The quantitative estimate of drug-likeness (QED) is 0.482. The normalized spacial score (nSPS) is 13.9. The fraction of sp³-hybridized carbons (Fsp3) is 0.259. The molecule has 35 heavy (non-hydrogen) atoms. The van der Waals surface area contributed by atoms with E-state index in [1.807, 2.05) is 25.1 Å². The Balaban J connectivity index is 1.42. The minimum Gasteiger partial charge on any atom is -0.489 e. The van der Waals surface area contributed by atoms with Crippen molar-refractivity contribution in [3.8, 4) is 5.75 Å². The van der Waals surface area contributed by atoms with Gasteiger partial charge in [0.05, 0.1) is 4.90 Å². The predicted molar refractivity (Wildman–Crippen MR) is 137 cm³/mol. The molecule has 0 bridgehead atoms. The highest BCUT2D eigenvalue weighted by molar-refractivity contribution is 7.90. The Morgan fingerprint density at radius 3 is 2.66 bits per heavy atom. The van der Waals surface area contributed by atoms with E-state index >= 15 is 0 Å². The summed E-state index contributed by atoms with van der Waals surface area (Å²) in [4.78, 5) is 17.3. The lowest BCUT2D eigenvalue weighted by Gasteiger charge is -2.12. The minimum atomic E-state index is -3.79. The number of nitrogens with zero attached hydrogens (tertiary/aromatic N) is 1. The number of amidine groups is 1. The lowest BCUT2D eigenvalue weighted by molar-refractivity contribution is 0.102. The fourth-order valence-corrected chi connectivity index (χ4v) is 4.95. The molecule has 3 aromatic carbocycles. The summed E-state index contributed by atoms with van der Waals surface area (Å²) in [7, 11) is -3.79. The van der Waals surface area contributed by atoms with Crippen LogP contribution in [0.4, 0.5) is 5.69 Å². The number of nitrogens with one attached hydrogen (secondary N) is 2. The number of aliphatic imine (C=N–C) groups is 1. The van der Waals surface area contributed by atoms with Crippen molar-refractivity contribution in [2.45, 2.75) is 44.1 Å². The molecule has 0 radical (unpaired) electrons. The van der Waals surface area contributed by atoms with Crippen molar-refractivity contribution in [1.82, 2.24) is 4.72 Å². The van der Waals surface area contributed by atoms with Crippen LogP contribution in [0.1, 0.15) is 47.2 Å². The van der Waals surface area contributed by atoms with Gasteiger partial charge in [0.15, 0.2) is 0 Å². The third-order valence-electron chi connectivity index (χ3n) is 5.61. The Morgan fingerprint density at radius 1 is 0.971 bits per heavy atom. The second kappa shape index (κ2) is 11.2. The van der Waals surface area contributed by atoms with Gasteiger partial charge in [0.1, 0.15) is 18.2 Å². The average Bonchev–Trinajstić information content (AvgIpc) is 3.11. The van der Waals surface area contributed by atoms with Crippen LogP contribution in [0.3, 0.4) is 0 Å². The molecule has 0 saturated carbocycles. The van der Waals surface area contributed by atoms with Crippen LogP contribution >= 0.6 is 0 Å². The largest absolute Gasteiger partial charge is 0.489 e. The molecule has 4 rings (SSSR count). The van der Waals surface area contributed by atoms with Gasteiger partial charge >= 0.3 is 0 Å². The number of carbonyl (C=O) groups is 1. The number of carbonyl (C=O) groups excluding carboxylic acids is 1.